The molecule has 0 unspecified atom stereocenters. The number of halogens is 3. The maximum absolute atomic E-state index is 13.9. The van der Waals surface area contributed by atoms with E-state index in [1.54, 1.807) is 0 Å². The predicted octanol–water partition coefficient (Wildman–Crippen LogP) is 5.60. The van der Waals surface area contributed by atoms with E-state index in [4.69, 9.17) is 9.47 Å². The zero-order valence-electron chi connectivity index (χ0n) is 17.4. The number of methoxy groups -OCH3 is 1. The minimum Gasteiger partial charge on any atom is -0.382 e. The molecule has 6 heteroatoms. The average Bonchev–Trinajstić information content (AvgIpc) is 2.75. The number of alkyl halides is 3. The van der Waals surface area contributed by atoms with Crippen LogP contribution in [0.25, 0.3) is 0 Å². The van der Waals surface area contributed by atoms with Crippen molar-refractivity contribution in [2.75, 3.05) is 20.3 Å². The molecule has 0 spiro atoms. The lowest BCUT2D eigenvalue weighted by molar-refractivity contribution is -0.292. The molecule has 0 bridgehead atoms. The normalized spacial score (nSPS) is 22.4. The van der Waals surface area contributed by atoms with Crippen molar-refractivity contribution < 1.29 is 22.6 Å². The highest BCUT2D eigenvalue weighted by atomic mass is 19.4. The van der Waals surface area contributed by atoms with E-state index < -0.39 is 11.8 Å². The molecule has 0 aromatic heterocycles. The van der Waals surface area contributed by atoms with E-state index in [1.165, 1.54) is 7.11 Å². The van der Waals surface area contributed by atoms with E-state index >= 15 is 0 Å². The van der Waals surface area contributed by atoms with Gasteiger partial charge in [-0.1, -0.05) is 60.7 Å². The number of hydrogen-bond donors (Lipinski definition) is 0. The largest absolute Gasteiger partial charge is 0.417 e. The molecule has 0 aliphatic heterocycles. The van der Waals surface area contributed by atoms with Gasteiger partial charge in [0.15, 0.2) is 5.60 Å². The van der Waals surface area contributed by atoms with Gasteiger partial charge in [-0.15, -0.1) is 0 Å². The fourth-order valence-corrected chi connectivity index (χ4v) is 4.21. The molecule has 1 saturated carbocycles. The molecule has 3 nitrogen and oxygen atoms in total. The zero-order chi connectivity index (χ0) is 21.5. The first-order valence-corrected chi connectivity index (χ1v) is 10.4. The van der Waals surface area contributed by atoms with Crippen molar-refractivity contribution in [2.45, 2.75) is 56.6 Å². The van der Waals surface area contributed by atoms with Crippen LogP contribution in [0.5, 0.6) is 0 Å². The summed E-state index contributed by atoms with van der Waals surface area (Å²) >= 11 is 0. The third-order valence-corrected chi connectivity index (χ3v) is 5.92. The Morgan fingerprint density at radius 3 is 1.80 bits per heavy atom. The van der Waals surface area contributed by atoms with Gasteiger partial charge in [-0.25, -0.2) is 0 Å². The van der Waals surface area contributed by atoms with Crippen LogP contribution in [0.15, 0.2) is 60.7 Å². The summed E-state index contributed by atoms with van der Waals surface area (Å²) in [4.78, 5) is 2.31. The fourth-order valence-electron chi connectivity index (χ4n) is 4.21. The molecule has 0 radical (unpaired) electrons. The summed E-state index contributed by atoms with van der Waals surface area (Å²) in [6.07, 6.45) is -3.52. The summed E-state index contributed by atoms with van der Waals surface area (Å²) < 4.78 is 51.9. The van der Waals surface area contributed by atoms with Crippen LogP contribution in [-0.4, -0.2) is 43.0 Å². The van der Waals surface area contributed by atoms with Crippen molar-refractivity contribution >= 4 is 0 Å². The van der Waals surface area contributed by atoms with E-state index in [0.29, 0.717) is 25.9 Å². The van der Waals surface area contributed by atoms with Crippen LogP contribution in [0.4, 0.5) is 13.2 Å². The molecule has 1 aliphatic carbocycles. The van der Waals surface area contributed by atoms with Gasteiger partial charge in [-0.3, -0.25) is 4.90 Å². The summed E-state index contributed by atoms with van der Waals surface area (Å²) in [5, 5.41) is 0. The Bertz CT molecular complexity index is 703. The van der Waals surface area contributed by atoms with Crippen LogP contribution in [-0.2, 0) is 22.6 Å². The lowest BCUT2D eigenvalue weighted by atomic mass is 9.80. The van der Waals surface area contributed by atoms with Gasteiger partial charge in [0, 0.05) is 26.2 Å². The number of hydrogen-bond acceptors (Lipinski definition) is 3. The van der Waals surface area contributed by atoms with Gasteiger partial charge in [0.2, 0.25) is 0 Å². The smallest absolute Gasteiger partial charge is 0.382 e. The minimum atomic E-state index is -4.38. The lowest BCUT2D eigenvalue weighted by Crippen LogP contribution is -2.53. The van der Waals surface area contributed by atoms with Crippen LogP contribution in [0, 0.1) is 0 Å². The highest BCUT2D eigenvalue weighted by molar-refractivity contribution is 5.17. The molecule has 3 rings (SSSR count). The second-order valence-electron chi connectivity index (χ2n) is 7.94. The summed E-state index contributed by atoms with van der Waals surface area (Å²) in [5.74, 6) is 0. The van der Waals surface area contributed by atoms with E-state index in [2.05, 4.69) is 29.2 Å². The second-order valence-corrected chi connectivity index (χ2v) is 7.94. The van der Waals surface area contributed by atoms with Crippen LogP contribution in [0.3, 0.4) is 0 Å². The van der Waals surface area contributed by atoms with Crippen molar-refractivity contribution in [1.29, 1.82) is 0 Å². The highest BCUT2D eigenvalue weighted by Gasteiger charge is 2.57. The quantitative estimate of drug-likeness (QED) is 0.492. The lowest BCUT2D eigenvalue weighted by Gasteiger charge is -2.44. The van der Waals surface area contributed by atoms with Gasteiger partial charge in [0.1, 0.15) is 0 Å². The van der Waals surface area contributed by atoms with Crippen molar-refractivity contribution in [3.8, 4) is 0 Å². The second kappa shape index (κ2) is 10.4. The fraction of sp³-hybridized carbons (Fsp3) is 0.500. The van der Waals surface area contributed by atoms with Gasteiger partial charge in [-0.05, 0) is 36.8 Å². The Labute approximate surface area is 176 Å². The Kier molecular flexibility index (Phi) is 7.92. The minimum absolute atomic E-state index is 0.0229. The third kappa shape index (κ3) is 5.84. The molecule has 0 saturated heterocycles. The molecule has 1 aliphatic rings. The maximum atomic E-state index is 13.9. The molecule has 0 N–H and O–H groups in total. The molecule has 0 amide bonds. The van der Waals surface area contributed by atoms with Gasteiger partial charge in [-0.2, -0.15) is 13.2 Å². The summed E-state index contributed by atoms with van der Waals surface area (Å²) in [6.45, 7) is 1.54. The van der Waals surface area contributed by atoms with Gasteiger partial charge in [0.25, 0.3) is 0 Å². The molecule has 30 heavy (non-hydrogen) atoms. The molecule has 0 atom stereocenters. The molecule has 2 aromatic rings. The molecule has 164 valence electrons. The summed E-state index contributed by atoms with van der Waals surface area (Å²) in [6, 6.07) is 20.3. The monoisotopic (exact) mass is 421 g/mol. The topological polar surface area (TPSA) is 21.7 Å². The SMILES string of the molecule is COCCO[C@]1(C(F)(F)F)CC[C@@H](N(Cc2ccccc2)Cc2ccccc2)CC1. The van der Waals surface area contributed by atoms with E-state index in [1.807, 2.05) is 36.4 Å². The van der Waals surface area contributed by atoms with Crippen LogP contribution in [0.1, 0.15) is 36.8 Å². The van der Waals surface area contributed by atoms with E-state index in [0.717, 1.165) is 11.1 Å². The van der Waals surface area contributed by atoms with E-state index in [-0.39, 0.29) is 32.1 Å². The summed E-state index contributed by atoms with van der Waals surface area (Å²) in [7, 11) is 1.46. The highest BCUT2D eigenvalue weighted by Crippen LogP contribution is 2.45. The molecule has 0 heterocycles. The number of rotatable bonds is 9. The molecule has 2 aromatic carbocycles. The average molecular weight is 422 g/mol. The predicted molar refractivity (Wildman–Crippen MR) is 111 cm³/mol. The maximum Gasteiger partial charge on any atom is 0.417 e. The zero-order valence-corrected chi connectivity index (χ0v) is 17.4. The van der Waals surface area contributed by atoms with Gasteiger partial charge < -0.3 is 9.47 Å². The number of benzene rings is 2. The van der Waals surface area contributed by atoms with Crippen molar-refractivity contribution in [2.24, 2.45) is 0 Å². The molecule has 1 fully saturated rings. The molecular formula is C24H30F3NO2. The van der Waals surface area contributed by atoms with E-state index in [9.17, 15) is 13.2 Å². The first kappa shape index (κ1) is 22.8. The Balaban J connectivity index is 1.73. The Morgan fingerprint density at radius 2 is 1.37 bits per heavy atom. The van der Waals surface area contributed by atoms with Crippen LogP contribution in [0.2, 0.25) is 0 Å². The third-order valence-electron chi connectivity index (χ3n) is 5.92. The van der Waals surface area contributed by atoms with Crippen molar-refractivity contribution in [3.05, 3.63) is 71.8 Å². The first-order chi connectivity index (χ1) is 14.4. The molecular weight excluding hydrogens is 391 g/mol. The van der Waals surface area contributed by atoms with Crippen LogP contribution >= 0.6 is 0 Å². The van der Waals surface area contributed by atoms with Crippen molar-refractivity contribution in [1.82, 2.24) is 4.90 Å². The van der Waals surface area contributed by atoms with Crippen molar-refractivity contribution in [3.63, 3.8) is 0 Å². The van der Waals surface area contributed by atoms with Crippen LogP contribution < -0.4 is 0 Å². The number of ether oxygens (including phenoxy) is 2. The first-order valence-electron chi connectivity index (χ1n) is 10.4. The number of nitrogens with zero attached hydrogens (tertiary/aromatic N) is 1. The van der Waals surface area contributed by atoms with Gasteiger partial charge in [0.05, 0.1) is 13.2 Å². The standard InChI is InChI=1S/C24H30F3NO2/c1-29-16-17-30-23(24(25,26)27)14-12-22(13-15-23)28(18-20-8-4-2-5-9-20)19-21-10-6-3-7-11-21/h2-11,22H,12-19H2,1H3/t22-,23-. The Morgan fingerprint density at radius 1 is 0.867 bits per heavy atom. The Hall–Kier alpha value is -1.89. The van der Waals surface area contributed by atoms with Gasteiger partial charge >= 0.3 is 6.18 Å². The summed E-state index contributed by atoms with van der Waals surface area (Å²) in [5.41, 5.74) is 0.266.